The molecule has 0 spiro atoms. The van der Waals surface area contributed by atoms with Crippen molar-refractivity contribution in [2.45, 2.75) is 37.5 Å². The van der Waals surface area contributed by atoms with E-state index in [2.05, 4.69) is 38.8 Å². The lowest BCUT2D eigenvalue weighted by Crippen LogP contribution is -2.45. The quantitative estimate of drug-likeness (QED) is 0.583. The van der Waals surface area contributed by atoms with Gasteiger partial charge in [0.15, 0.2) is 5.96 Å². The Kier molecular flexibility index (Phi) is 6.69. The predicted octanol–water partition coefficient (Wildman–Crippen LogP) is 3.31. The van der Waals surface area contributed by atoms with E-state index in [9.17, 15) is 0 Å². The summed E-state index contributed by atoms with van der Waals surface area (Å²) < 4.78 is 5.65. The number of nitrogens with zero attached hydrogens (tertiary/aromatic N) is 2. The van der Waals surface area contributed by atoms with E-state index in [4.69, 9.17) is 4.74 Å². The highest BCUT2D eigenvalue weighted by molar-refractivity contribution is 5.79. The predicted molar refractivity (Wildman–Crippen MR) is 110 cm³/mol. The van der Waals surface area contributed by atoms with Gasteiger partial charge in [-0.25, -0.2) is 0 Å². The molecule has 0 aliphatic heterocycles. The molecule has 0 amide bonds. The number of methoxy groups -OCH3 is 1. The number of guanidine groups is 1. The Balaban J connectivity index is 1.61. The Bertz CT molecular complexity index is 739. The molecule has 3 rings (SSSR count). The van der Waals surface area contributed by atoms with E-state index in [-0.39, 0.29) is 5.41 Å². The molecule has 5 heteroatoms. The second kappa shape index (κ2) is 9.40. The van der Waals surface area contributed by atoms with Crippen molar-refractivity contribution in [3.05, 3.63) is 59.9 Å². The van der Waals surface area contributed by atoms with Crippen molar-refractivity contribution >= 4 is 5.96 Å². The zero-order chi connectivity index (χ0) is 19.0. The molecule has 1 aliphatic rings. The van der Waals surface area contributed by atoms with E-state index < -0.39 is 0 Å². The van der Waals surface area contributed by atoms with E-state index in [1.165, 1.54) is 31.2 Å². The SMILES string of the molecule is CN=C(NCCc1ccccn1)NCC1(c2ccccc2OC)CCCC1. The number of para-hydroxylation sites is 1. The van der Waals surface area contributed by atoms with Crippen LogP contribution >= 0.6 is 0 Å². The summed E-state index contributed by atoms with van der Waals surface area (Å²) in [5.74, 6) is 1.83. The smallest absolute Gasteiger partial charge is 0.191 e. The number of pyridine rings is 1. The third-order valence-corrected chi connectivity index (χ3v) is 5.46. The van der Waals surface area contributed by atoms with Gasteiger partial charge in [0, 0.05) is 49.4 Å². The van der Waals surface area contributed by atoms with Crippen LogP contribution in [0.2, 0.25) is 0 Å². The number of rotatable bonds is 7. The molecule has 1 aliphatic carbocycles. The van der Waals surface area contributed by atoms with E-state index in [1.807, 2.05) is 37.5 Å². The Morgan fingerprint density at radius 2 is 1.89 bits per heavy atom. The van der Waals surface area contributed by atoms with Gasteiger partial charge < -0.3 is 15.4 Å². The van der Waals surface area contributed by atoms with Gasteiger partial charge in [-0.15, -0.1) is 0 Å². The third-order valence-electron chi connectivity index (χ3n) is 5.46. The van der Waals surface area contributed by atoms with Crippen molar-refractivity contribution in [1.82, 2.24) is 15.6 Å². The standard InChI is InChI=1S/C22H30N4O/c1-23-21(25-16-12-18-9-5-8-15-24-18)26-17-22(13-6-7-14-22)19-10-3-4-11-20(19)27-2/h3-5,8-11,15H,6-7,12-14,16-17H2,1-2H3,(H2,23,25,26). The van der Waals surface area contributed by atoms with Crippen molar-refractivity contribution < 1.29 is 4.74 Å². The van der Waals surface area contributed by atoms with Crippen molar-refractivity contribution in [2.24, 2.45) is 4.99 Å². The topological polar surface area (TPSA) is 58.5 Å². The Labute approximate surface area is 162 Å². The Hall–Kier alpha value is -2.56. The summed E-state index contributed by atoms with van der Waals surface area (Å²) in [5.41, 5.74) is 2.49. The fourth-order valence-electron chi connectivity index (χ4n) is 4.00. The van der Waals surface area contributed by atoms with Crippen LogP contribution in [-0.2, 0) is 11.8 Å². The molecule has 0 bridgehead atoms. The molecule has 0 saturated heterocycles. The first kappa shape index (κ1) is 19.2. The molecule has 0 radical (unpaired) electrons. The maximum absolute atomic E-state index is 5.65. The third kappa shape index (κ3) is 4.79. The minimum Gasteiger partial charge on any atom is -0.496 e. The van der Waals surface area contributed by atoms with Crippen LogP contribution < -0.4 is 15.4 Å². The summed E-state index contributed by atoms with van der Waals surface area (Å²) in [6, 6.07) is 14.4. The van der Waals surface area contributed by atoms with Gasteiger partial charge in [-0.1, -0.05) is 37.1 Å². The second-order valence-corrected chi connectivity index (χ2v) is 7.11. The van der Waals surface area contributed by atoms with Gasteiger partial charge in [-0.05, 0) is 31.0 Å². The molecule has 5 nitrogen and oxygen atoms in total. The average Bonchev–Trinajstić information content (AvgIpc) is 3.21. The number of hydrogen-bond donors (Lipinski definition) is 2. The summed E-state index contributed by atoms with van der Waals surface area (Å²) in [6.45, 7) is 1.66. The molecular formula is C22H30N4O. The summed E-state index contributed by atoms with van der Waals surface area (Å²) >= 11 is 0. The van der Waals surface area contributed by atoms with E-state index in [0.717, 1.165) is 36.9 Å². The van der Waals surface area contributed by atoms with Gasteiger partial charge in [0.25, 0.3) is 0 Å². The van der Waals surface area contributed by atoms with Crippen LogP contribution in [0.15, 0.2) is 53.7 Å². The summed E-state index contributed by atoms with van der Waals surface area (Å²) in [5, 5.41) is 6.96. The highest BCUT2D eigenvalue weighted by atomic mass is 16.5. The first-order valence-corrected chi connectivity index (χ1v) is 9.75. The van der Waals surface area contributed by atoms with Crippen molar-refractivity contribution in [3.8, 4) is 5.75 Å². The fourth-order valence-corrected chi connectivity index (χ4v) is 4.00. The number of ether oxygens (including phenoxy) is 1. The zero-order valence-corrected chi connectivity index (χ0v) is 16.4. The molecule has 1 heterocycles. The molecule has 2 N–H and O–H groups in total. The first-order chi connectivity index (χ1) is 13.3. The number of hydrogen-bond acceptors (Lipinski definition) is 3. The van der Waals surface area contributed by atoms with Crippen LogP contribution in [0.5, 0.6) is 5.75 Å². The monoisotopic (exact) mass is 366 g/mol. The first-order valence-electron chi connectivity index (χ1n) is 9.75. The molecule has 0 unspecified atom stereocenters. The number of nitrogens with one attached hydrogen (secondary N) is 2. The van der Waals surface area contributed by atoms with Crippen LogP contribution in [0.3, 0.4) is 0 Å². The summed E-state index contributed by atoms with van der Waals surface area (Å²) in [7, 11) is 3.58. The molecule has 1 aromatic carbocycles. The lowest BCUT2D eigenvalue weighted by molar-refractivity contribution is 0.371. The Morgan fingerprint density at radius 1 is 1.11 bits per heavy atom. The Morgan fingerprint density at radius 3 is 2.59 bits per heavy atom. The molecule has 0 atom stereocenters. The van der Waals surface area contributed by atoms with Gasteiger partial charge >= 0.3 is 0 Å². The van der Waals surface area contributed by atoms with Gasteiger partial charge in [0.05, 0.1) is 7.11 Å². The van der Waals surface area contributed by atoms with E-state index in [1.54, 1.807) is 7.11 Å². The van der Waals surface area contributed by atoms with Crippen molar-refractivity contribution in [2.75, 3.05) is 27.2 Å². The van der Waals surface area contributed by atoms with Gasteiger partial charge in [-0.3, -0.25) is 9.98 Å². The van der Waals surface area contributed by atoms with Crippen molar-refractivity contribution in [1.29, 1.82) is 0 Å². The van der Waals surface area contributed by atoms with Crippen LogP contribution in [0.4, 0.5) is 0 Å². The molecule has 144 valence electrons. The van der Waals surface area contributed by atoms with Crippen molar-refractivity contribution in [3.63, 3.8) is 0 Å². The molecule has 1 aromatic heterocycles. The lowest BCUT2D eigenvalue weighted by atomic mass is 9.78. The second-order valence-electron chi connectivity index (χ2n) is 7.11. The summed E-state index contributed by atoms with van der Waals surface area (Å²) in [4.78, 5) is 8.76. The maximum atomic E-state index is 5.65. The largest absolute Gasteiger partial charge is 0.496 e. The number of aliphatic imine (C=N–C) groups is 1. The number of aromatic nitrogens is 1. The molecule has 27 heavy (non-hydrogen) atoms. The highest BCUT2D eigenvalue weighted by Gasteiger charge is 2.37. The fraction of sp³-hybridized carbons (Fsp3) is 0.455. The average molecular weight is 367 g/mol. The van der Waals surface area contributed by atoms with Crippen LogP contribution in [0, 0.1) is 0 Å². The number of benzene rings is 1. The minimum absolute atomic E-state index is 0.102. The van der Waals surface area contributed by atoms with Crippen LogP contribution in [0.1, 0.15) is 36.9 Å². The van der Waals surface area contributed by atoms with Crippen LogP contribution in [-0.4, -0.2) is 38.2 Å². The molecule has 1 saturated carbocycles. The van der Waals surface area contributed by atoms with E-state index >= 15 is 0 Å². The lowest BCUT2D eigenvalue weighted by Gasteiger charge is -2.32. The van der Waals surface area contributed by atoms with Gasteiger partial charge in [-0.2, -0.15) is 0 Å². The normalized spacial score (nSPS) is 16.1. The van der Waals surface area contributed by atoms with Gasteiger partial charge in [0.1, 0.15) is 5.75 Å². The highest BCUT2D eigenvalue weighted by Crippen LogP contribution is 2.44. The molecule has 1 fully saturated rings. The van der Waals surface area contributed by atoms with E-state index in [0.29, 0.717) is 0 Å². The zero-order valence-electron chi connectivity index (χ0n) is 16.4. The molecule has 2 aromatic rings. The minimum atomic E-state index is 0.102. The summed E-state index contributed by atoms with van der Waals surface area (Å²) in [6.07, 6.45) is 7.56. The van der Waals surface area contributed by atoms with Gasteiger partial charge in [0.2, 0.25) is 0 Å². The molecular weight excluding hydrogens is 336 g/mol. The maximum Gasteiger partial charge on any atom is 0.191 e. The van der Waals surface area contributed by atoms with Crippen LogP contribution in [0.25, 0.3) is 0 Å².